The van der Waals surface area contributed by atoms with Crippen molar-refractivity contribution in [1.82, 2.24) is 4.90 Å². The Bertz CT molecular complexity index is 502. The summed E-state index contributed by atoms with van der Waals surface area (Å²) in [4.78, 5) is 25.5. The van der Waals surface area contributed by atoms with Crippen molar-refractivity contribution in [1.29, 1.82) is 0 Å². The van der Waals surface area contributed by atoms with Gasteiger partial charge in [-0.05, 0) is 42.9 Å². The lowest BCUT2D eigenvalue weighted by Crippen LogP contribution is -2.41. The highest BCUT2D eigenvalue weighted by Crippen LogP contribution is 2.22. The molecule has 0 spiro atoms. The minimum Gasteiger partial charge on any atom is -0.478 e. The van der Waals surface area contributed by atoms with Gasteiger partial charge in [-0.1, -0.05) is 12.1 Å². The SMILES string of the molecule is CSC[C@@H]1CCCN(C(=O)c2ccccc2C(=O)O)C1. The molecule has 1 saturated heterocycles. The number of piperidine rings is 1. The van der Waals surface area contributed by atoms with Crippen molar-refractivity contribution in [3.63, 3.8) is 0 Å². The highest BCUT2D eigenvalue weighted by Gasteiger charge is 2.26. The molecule has 1 N–H and O–H groups in total. The van der Waals surface area contributed by atoms with Gasteiger partial charge in [0.15, 0.2) is 0 Å². The van der Waals surface area contributed by atoms with Crippen LogP contribution >= 0.6 is 11.8 Å². The molecule has 1 aromatic carbocycles. The number of carboxylic acids is 1. The number of aromatic carboxylic acids is 1. The summed E-state index contributed by atoms with van der Waals surface area (Å²) in [6, 6.07) is 6.44. The van der Waals surface area contributed by atoms with Crippen LogP contribution in [-0.2, 0) is 0 Å². The Balaban J connectivity index is 2.17. The Morgan fingerprint density at radius 1 is 1.35 bits per heavy atom. The zero-order valence-corrected chi connectivity index (χ0v) is 12.4. The van der Waals surface area contributed by atoms with E-state index in [0.717, 1.165) is 31.7 Å². The van der Waals surface area contributed by atoms with E-state index in [0.29, 0.717) is 11.5 Å². The van der Waals surface area contributed by atoms with Crippen molar-refractivity contribution in [3.8, 4) is 0 Å². The first kappa shape index (κ1) is 14.9. The van der Waals surface area contributed by atoms with Gasteiger partial charge in [-0.2, -0.15) is 11.8 Å². The molecule has 0 saturated carbocycles. The monoisotopic (exact) mass is 293 g/mol. The largest absolute Gasteiger partial charge is 0.478 e. The normalized spacial score (nSPS) is 18.9. The predicted octanol–water partition coefficient (Wildman–Crippen LogP) is 2.60. The number of likely N-dealkylation sites (tertiary alicyclic amines) is 1. The van der Waals surface area contributed by atoms with Crippen molar-refractivity contribution < 1.29 is 14.7 Å². The summed E-state index contributed by atoms with van der Waals surface area (Å²) >= 11 is 1.79. The van der Waals surface area contributed by atoms with Crippen LogP contribution in [0.3, 0.4) is 0 Å². The van der Waals surface area contributed by atoms with Gasteiger partial charge in [0.25, 0.3) is 5.91 Å². The molecule has 1 amide bonds. The summed E-state index contributed by atoms with van der Waals surface area (Å²) in [5.41, 5.74) is 0.384. The number of amides is 1. The third-order valence-corrected chi connectivity index (χ3v) is 4.40. The van der Waals surface area contributed by atoms with E-state index in [9.17, 15) is 14.7 Å². The van der Waals surface area contributed by atoms with Gasteiger partial charge >= 0.3 is 5.97 Å². The lowest BCUT2D eigenvalue weighted by atomic mass is 9.98. The van der Waals surface area contributed by atoms with Crippen LogP contribution in [0.4, 0.5) is 0 Å². The van der Waals surface area contributed by atoms with Crippen molar-refractivity contribution >= 4 is 23.6 Å². The zero-order valence-electron chi connectivity index (χ0n) is 11.5. The van der Waals surface area contributed by atoms with Gasteiger partial charge in [0.2, 0.25) is 0 Å². The second kappa shape index (κ2) is 6.79. The molecule has 1 aliphatic rings. The Morgan fingerprint density at radius 3 is 2.70 bits per heavy atom. The maximum absolute atomic E-state index is 12.5. The van der Waals surface area contributed by atoms with E-state index < -0.39 is 5.97 Å². The Kier molecular flexibility index (Phi) is 5.06. The summed E-state index contributed by atoms with van der Waals surface area (Å²) < 4.78 is 0. The molecule has 4 nitrogen and oxygen atoms in total. The highest BCUT2D eigenvalue weighted by atomic mass is 32.2. The molecule has 0 unspecified atom stereocenters. The van der Waals surface area contributed by atoms with E-state index in [1.54, 1.807) is 34.9 Å². The maximum atomic E-state index is 12.5. The van der Waals surface area contributed by atoms with Gasteiger partial charge < -0.3 is 10.0 Å². The molecule has 0 aliphatic carbocycles. The molecule has 0 aromatic heterocycles. The molecular weight excluding hydrogens is 274 g/mol. The number of benzene rings is 1. The lowest BCUT2D eigenvalue weighted by Gasteiger charge is -2.32. The summed E-state index contributed by atoms with van der Waals surface area (Å²) in [6.45, 7) is 1.45. The summed E-state index contributed by atoms with van der Waals surface area (Å²) in [7, 11) is 0. The van der Waals surface area contributed by atoms with Crippen LogP contribution in [0.1, 0.15) is 33.6 Å². The molecule has 0 radical (unpaired) electrons. The molecule has 1 heterocycles. The van der Waals surface area contributed by atoms with E-state index in [-0.39, 0.29) is 11.5 Å². The van der Waals surface area contributed by atoms with Crippen molar-refractivity contribution in [3.05, 3.63) is 35.4 Å². The molecule has 2 rings (SSSR count). The number of carboxylic acid groups (broad SMARTS) is 1. The highest BCUT2D eigenvalue weighted by molar-refractivity contribution is 7.98. The Morgan fingerprint density at radius 2 is 2.05 bits per heavy atom. The first-order chi connectivity index (χ1) is 9.63. The van der Waals surface area contributed by atoms with E-state index in [1.165, 1.54) is 6.07 Å². The predicted molar refractivity (Wildman–Crippen MR) is 80.4 cm³/mol. The first-order valence-electron chi connectivity index (χ1n) is 6.74. The molecule has 0 bridgehead atoms. The van der Waals surface area contributed by atoms with Crippen LogP contribution in [0.15, 0.2) is 24.3 Å². The number of rotatable bonds is 4. The molecule has 108 valence electrons. The Hall–Kier alpha value is -1.49. The van der Waals surface area contributed by atoms with E-state index in [4.69, 9.17) is 0 Å². The van der Waals surface area contributed by atoms with Gasteiger partial charge in [-0.3, -0.25) is 4.79 Å². The lowest BCUT2D eigenvalue weighted by molar-refractivity contribution is 0.0649. The molecule has 5 heteroatoms. The average Bonchev–Trinajstić information content (AvgIpc) is 2.47. The number of nitrogens with zero attached hydrogens (tertiary/aromatic N) is 1. The van der Waals surface area contributed by atoms with Gasteiger partial charge in [0.05, 0.1) is 11.1 Å². The minimum atomic E-state index is -1.05. The van der Waals surface area contributed by atoms with Crippen molar-refractivity contribution in [2.75, 3.05) is 25.1 Å². The van der Waals surface area contributed by atoms with Gasteiger partial charge in [0.1, 0.15) is 0 Å². The number of hydrogen-bond acceptors (Lipinski definition) is 3. The van der Waals surface area contributed by atoms with Crippen LogP contribution in [0.25, 0.3) is 0 Å². The molecular formula is C15H19NO3S. The number of carbonyl (C=O) groups is 2. The van der Waals surface area contributed by atoms with E-state index >= 15 is 0 Å². The second-order valence-electron chi connectivity index (χ2n) is 5.07. The second-order valence-corrected chi connectivity index (χ2v) is 5.98. The average molecular weight is 293 g/mol. The molecule has 1 atom stereocenters. The van der Waals surface area contributed by atoms with Gasteiger partial charge in [-0.15, -0.1) is 0 Å². The summed E-state index contributed by atoms with van der Waals surface area (Å²) in [6.07, 6.45) is 4.21. The van der Waals surface area contributed by atoms with Gasteiger partial charge in [-0.25, -0.2) is 4.79 Å². The fraction of sp³-hybridized carbons (Fsp3) is 0.467. The maximum Gasteiger partial charge on any atom is 0.336 e. The van der Waals surface area contributed by atoms with Crippen LogP contribution in [0.5, 0.6) is 0 Å². The molecule has 1 aliphatic heterocycles. The molecule has 1 fully saturated rings. The fourth-order valence-electron chi connectivity index (χ4n) is 2.65. The smallest absolute Gasteiger partial charge is 0.336 e. The van der Waals surface area contributed by atoms with Crippen LogP contribution in [0, 0.1) is 5.92 Å². The first-order valence-corrected chi connectivity index (χ1v) is 8.13. The van der Waals surface area contributed by atoms with Crippen LogP contribution in [-0.4, -0.2) is 47.0 Å². The number of carbonyl (C=O) groups excluding carboxylic acids is 1. The van der Waals surface area contributed by atoms with Crippen LogP contribution in [0.2, 0.25) is 0 Å². The number of hydrogen-bond donors (Lipinski definition) is 1. The third kappa shape index (κ3) is 3.33. The fourth-order valence-corrected chi connectivity index (χ4v) is 3.39. The third-order valence-electron chi connectivity index (χ3n) is 3.60. The van der Waals surface area contributed by atoms with E-state index in [2.05, 4.69) is 6.26 Å². The topological polar surface area (TPSA) is 57.6 Å². The summed E-state index contributed by atoms with van der Waals surface area (Å²) in [5, 5.41) is 9.18. The van der Waals surface area contributed by atoms with Crippen molar-refractivity contribution in [2.45, 2.75) is 12.8 Å². The van der Waals surface area contributed by atoms with Crippen molar-refractivity contribution in [2.24, 2.45) is 5.92 Å². The molecule has 1 aromatic rings. The zero-order chi connectivity index (χ0) is 14.5. The number of thioether (sulfide) groups is 1. The van der Waals surface area contributed by atoms with Gasteiger partial charge in [0, 0.05) is 13.1 Å². The minimum absolute atomic E-state index is 0.0875. The molecule has 20 heavy (non-hydrogen) atoms. The Labute approximate surface area is 123 Å². The van der Waals surface area contributed by atoms with E-state index in [1.807, 2.05) is 0 Å². The standard InChI is InChI=1S/C15H19NO3S/c1-20-10-11-5-4-8-16(9-11)14(17)12-6-2-3-7-13(12)15(18)19/h2-3,6-7,11H,4-5,8-10H2,1H3,(H,18,19)/t11-/m1/s1. The summed E-state index contributed by atoms with van der Waals surface area (Å²) in [5.74, 6) is 0.352. The quantitative estimate of drug-likeness (QED) is 0.927. The van der Waals surface area contributed by atoms with Crippen LogP contribution < -0.4 is 0 Å².